The minimum atomic E-state index is -4.36. The van der Waals surface area contributed by atoms with Crippen LogP contribution >= 0.6 is 0 Å². The van der Waals surface area contributed by atoms with Crippen LogP contribution in [-0.2, 0) is 24.0 Å². The Hall–Kier alpha value is -2.91. The van der Waals surface area contributed by atoms with Crippen molar-refractivity contribution < 1.29 is 32.0 Å². The minimum Gasteiger partial charge on any atom is -0.481 e. The van der Waals surface area contributed by atoms with E-state index in [-0.39, 0.29) is 12.5 Å². The average molecular weight is 403 g/mol. The highest BCUT2D eigenvalue weighted by molar-refractivity contribution is 7.84. The molecule has 1 saturated heterocycles. The van der Waals surface area contributed by atoms with E-state index in [0.717, 1.165) is 22.3 Å². The van der Waals surface area contributed by atoms with Crippen molar-refractivity contribution in [3.8, 4) is 11.1 Å². The largest absolute Gasteiger partial charge is 0.481 e. The molecule has 1 heterocycles. The van der Waals surface area contributed by atoms with Crippen LogP contribution in [0.15, 0.2) is 48.5 Å². The molecule has 8 nitrogen and oxygen atoms in total. The van der Waals surface area contributed by atoms with Crippen molar-refractivity contribution in [1.82, 2.24) is 4.31 Å². The molecule has 1 aliphatic heterocycles. The molecule has 2 aliphatic rings. The second-order valence-electron chi connectivity index (χ2n) is 6.61. The standard InChI is InChI=1S/C19H17NO7S/c21-18(22)12-9-20(28(24,25)27-10-12)19(23)26-11-17-15-7-3-1-5-13(15)14-6-2-4-8-16(14)17/h1-8,12,17H,9-11H2,(H,21,22)/t12-/m0/s1. The first-order valence-corrected chi connectivity index (χ1v) is 10.00. The Kier molecular flexibility index (Phi) is 4.56. The first-order chi connectivity index (χ1) is 13.4. The van der Waals surface area contributed by atoms with Crippen LogP contribution in [0, 0.1) is 5.92 Å². The van der Waals surface area contributed by atoms with Crippen molar-refractivity contribution in [2.45, 2.75) is 5.92 Å². The minimum absolute atomic E-state index is 0.0728. The van der Waals surface area contributed by atoms with Gasteiger partial charge in [-0.25, -0.2) is 4.79 Å². The summed E-state index contributed by atoms with van der Waals surface area (Å²) in [5.41, 5.74) is 4.05. The molecule has 0 saturated carbocycles. The first kappa shape index (κ1) is 18.5. The maximum absolute atomic E-state index is 12.4. The van der Waals surface area contributed by atoms with Gasteiger partial charge < -0.3 is 9.84 Å². The van der Waals surface area contributed by atoms with Gasteiger partial charge in [0.15, 0.2) is 0 Å². The third kappa shape index (κ3) is 3.12. The van der Waals surface area contributed by atoms with E-state index in [1.54, 1.807) is 0 Å². The predicted molar refractivity (Wildman–Crippen MR) is 97.8 cm³/mol. The zero-order valence-electron chi connectivity index (χ0n) is 14.6. The molecule has 0 aromatic heterocycles. The number of hydrogen-bond donors (Lipinski definition) is 1. The van der Waals surface area contributed by atoms with Gasteiger partial charge >= 0.3 is 22.4 Å². The Morgan fingerprint density at radius 1 is 1.07 bits per heavy atom. The third-order valence-corrected chi connectivity index (χ3v) is 6.24. The number of carbonyl (C=O) groups excluding carboxylic acids is 1. The van der Waals surface area contributed by atoms with E-state index in [1.165, 1.54) is 0 Å². The summed E-state index contributed by atoms with van der Waals surface area (Å²) in [7, 11) is -4.36. The van der Waals surface area contributed by atoms with E-state index in [2.05, 4.69) is 4.18 Å². The zero-order chi connectivity index (χ0) is 19.9. The molecule has 0 bridgehead atoms. The lowest BCUT2D eigenvalue weighted by Crippen LogP contribution is -2.49. The summed E-state index contributed by atoms with van der Waals surface area (Å²) in [4.78, 5) is 23.5. The maximum atomic E-state index is 12.4. The number of carboxylic acids is 1. The van der Waals surface area contributed by atoms with Gasteiger partial charge in [-0.3, -0.25) is 8.98 Å². The van der Waals surface area contributed by atoms with Crippen molar-refractivity contribution in [1.29, 1.82) is 0 Å². The second kappa shape index (κ2) is 6.92. The Morgan fingerprint density at radius 2 is 1.64 bits per heavy atom. The van der Waals surface area contributed by atoms with Crippen LogP contribution in [0.4, 0.5) is 4.79 Å². The fourth-order valence-corrected chi connectivity index (χ4v) is 4.62. The second-order valence-corrected chi connectivity index (χ2v) is 8.14. The van der Waals surface area contributed by atoms with Crippen LogP contribution in [0.3, 0.4) is 0 Å². The number of nitrogens with zero attached hydrogens (tertiary/aromatic N) is 1. The average Bonchev–Trinajstić information content (AvgIpc) is 2.99. The van der Waals surface area contributed by atoms with E-state index < -0.39 is 41.4 Å². The van der Waals surface area contributed by atoms with Gasteiger partial charge in [-0.2, -0.15) is 12.7 Å². The summed E-state index contributed by atoms with van der Waals surface area (Å²) in [6, 6.07) is 15.5. The lowest BCUT2D eigenvalue weighted by molar-refractivity contribution is -0.143. The van der Waals surface area contributed by atoms with Crippen molar-refractivity contribution in [2.75, 3.05) is 19.8 Å². The highest BCUT2D eigenvalue weighted by Gasteiger charge is 2.41. The summed E-state index contributed by atoms with van der Waals surface area (Å²) < 4.78 is 34.2. The Morgan fingerprint density at radius 3 is 2.21 bits per heavy atom. The number of hydrogen-bond acceptors (Lipinski definition) is 6. The van der Waals surface area contributed by atoms with Gasteiger partial charge in [0.2, 0.25) is 0 Å². The molecule has 146 valence electrons. The van der Waals surface area contributed by atoms with Crippen molar-refractivity contribution in [3.05, 3.63) is 59.7 Å². The predicted octanol–water partition coefficient (Wildman–Crippen LogP) is 2.21. The third-order valence-electron chi connectivity index (χ3n) is 4.96. The monoisotopic (exact) mass is 403 g/mol. The number of carbonyl (C=O) groups is 2. The molecule has 0 unspecified atom stereocenters. The molecule has 1 aliphatic carbocycles. The van der Waals surface area contributed by atoms with Crippen molar-refractivity contribution in [2.24, 2.45) is 5.92 Å². The fourth-order valence-electron chi connectivity index (χ4n) is 3.56. The molecule has 4 rings (SSSR count). The Bertz CT molecular complexity index is 1000. The van der Waals surface area contributed by atoms with E-state index in [1.807, 2.05) is 48.5 Å². The maximum Gasteiger partial charge on any atom is 0.425 e. The fraction of sp³-hybridized carbons (Fsp3) is 0.263. The van der Waals surface area contributed by atoms with Gasteiger partial charge in [0.05, 0.1) is 13.2 Å². The molecule has 2 aromatic carbocycles. The molecule has 1 fully saturated rings. The number of aliphatic carboxylic acids is 1. The van der Waals surface area contributed by atoms with Gasteiger partial charge in [-0.15, -0.1) is 0 Å². The van der Waals surface area contributed by atoms with E-state index >= 15 is 0 Å². The van der Waals surface area contributed by atoms with Crippen LogP contribution in [-0.4, -0.2) is 49.7 Å². The molecule has 1 amide bonds. The van der Waals surface area contributed by atoms with Gasteiger partial charge in [0, 0.05) is 5.92 Å². The Balaban J connectivity index is 1.54. The summed E-state index contributed by atoms with van der Waals surface area (Å²) in [6.45, 7) is -1.10. The highest BCUT2D eigenvalue weighted by atomic mass is 32.2. The van der Waals surface area contributed by atoms with Crippen LogP contribution < -0.4 is 0 Å². The quantitative estimate of drug-likeness (QED) is 0.836. The molecule has 0 spiro atoms. The number of rotatable bonds is 3. The number of carboxylic acid groups (broad SMARTS) is 1. The van der Waals surface area contributed by atoms with Gasteiger partial charge in [0.25, 0.3) is 0 Å². The summed E-state index contributed by atoms with van der Waals surface area (Å²) in [5, 5.41) is 9.08. The molecule has 9 heteroatoms. The van der Waals surface area contributed by atoms with Crippen LogP contribution in [0.2, 0.25) is 0 Å². The molecule has 1 N–H and O–H groups in total. The highest BCUT2D eigenvalue weighted by Crippen LogP contribution is 2.44. The van der Waals surface area contributed by atoms with Gasteiger partial charge in [0.1, 0.15) is 12.5 Å². The van der Waals surface area contributed by atoms with Gasteiger partial charge in [-0.1, -0.05) is 48.5 Å². The van der Waals surface area contributed by atoms with Crippen LogP contribution in [0.1, 0.15) is 17.0 Å². The van der Waals surface area contributed by atoms with Crippen molar-refractivity contribution >= 4 is 22.4 Å². The van der Waals surface area contributed by atoms with E-state index in [4.69, 9.17) is 9.84 Å². The Labute approximate surface area is 161 Å². The first-order valence-electron chi connectivity index (χ1n) is 8.63. The van der Waals surface area contributed by atoms with Gasteiger partial charge in [-0.05, 0) is 22.3 Å². The number of fused-ring (bicyclic) bond motifs is 3. The lowest BCUT2D eigenvalue weighted by Gasteiger charge is -2.29. The number of ether oxygens (including phenoxy) is 1. The van der Waals surface area contributed by atoms with Crippen LogP contribution in [0.5, 0.6) is 0 Å². The molecule has 2 aromatic rings. The number of amides is 1. The topological polar surface area (TPSA) is 110 Å². The summed E-state index contributed by atoms with van der Waals surface area (Å²) >= 11 is 0. The molecular formula is C19H17NO7S. The molecular weight excluding hydrogens is 386 g/mol. The van der Waals surface area contributed by atoms with E-state index in [9.17, 15) is 18.0 Å². The molecule has 28 heavy (non-hydrogen) atoms. The molecule has 0 radical (unpaired) electrons. The normalized spacial score (nSPS) is 20.3. The van der Waals surface area contributed by atoms with Crippen LogP contribution in [0.25, 0.3) is 11.1 Å². The summed E-state index contributed by atoms with van der Waals surface area (Å²) in [5.74, 6) is -2.62. The van der Waals surface area contributed by atoms with E-state index in [0.29, 0.717) is 4.31 Å². The lowest BCUT2D eigenvalue weighted by atomic mass is 9.98. The zero-order valence-corrected chi connectivity index (χ0v) is 15.5. The SMILES string of the molecule is O=C(O)[C@@H]1COS(=O)(=O)N(C(=O)OCC2c3ccccc3-c3ccccc32)C1. The van der Waals surface area contributed by atoms with Crippen molar-refractivity contribution in [3.63, 3.8) is 0 Å². The summed E-state index contributed by atoms with van der Waals surface area (Å²) in [6.07, 6.45) is -1.15. The smallest absolute Gasteiger partial charge is 0.425 e. The number of benzene rings is 2. The molecule has 1 atom stereocenters.